The number of benzene rings is 1. The lowest BCUT2D eigenvalue weighted by molar-refractivity contribution is 0.168. The molecule has 0 aliphatic heterocycles. The van der Waals surface area contributed by atoms with E-state index in [1.165, 1.54) is 12.1 Å². The molecule has 5 heteroatoms. The van der Waals surface area contributed by atoms with Crippen molar-refractivity contribution in [1.82, 2.24) is 10.6 Å². The van der Waals surface area contributed by atoms with E-state index >= 15 is 0 Å². The zero-order chi connectivity index (χ0) is 14.4. The minimum absolute atomic E-state index is 0.0302. The molecule has 106 valence electrons. The van der Waals surface area contributed by atoms with Crippen molar-refractivity contribution in [3.05, 3.63) is 35.6 Å². The van der Waals surface area contributed by atoms with Crippen LogP contribution in [-0.2, 0) is 0 Å². The Morgan fingerprint density at radius 3 is 2.53 bits per heavy atom. The number of carbonyl (C=O) groups excluding carboxylic acids is 1. The molecular weight excluding hydrogens is 247 g/mol. The summed E-state index contributed by atoms with van der Waals surface area (Å²) in [6.45, 7) is 5.87. The molecule has 4 nitrogen and oxygen atoms in total. The van der Waals surface area contributed by atoms with Gasteiger partial charge < -0.3 is 15.7 Å². The van der Waals surface area contributed by atoms with Crippen LogP contribution in [-0.4, -0.2) is 23.7 Å². The summed E-state index contributed by atoms with van der Waals surface area (Å²) < 4.78 is 13.4. The molecule has 0 unspecified atom stereocenters. The summed E-state index contributed by atoms with van der Waals surface area (Å²) in [5, 5.41) is 15.1. The minimum atomic E-state index is -1.05. The molecule has 0 spiro atoms. The second kappa shape index (κ2) is 7.09. The molecule has 0 fully saturated rings. The average molecular weight is 268 g/mol. The van der Waals surface area contributed by atoms with Gasteiger partial charge in [0.05, 0.1) is 6.10 Å². The van der Waals surface area contributed by atoms with Crippen LogP contribution < -0.4 is 10.6 Å². The molecule has 2 atom stereocenters. The third-order valence-corrected chi connectivity index (χ3v) is 3.08. The first kappa shape index (κ1) is 15.4. The number of aliphatic hydroxyl groups excluding tert-OH is 1. The Kier molecular flexibility index (Phi) is 5.76. The largest absolute Gasteiger partial charge is 0.386 e. The SMILES string of the molecule is CC(C)[C@@H](C)NC(=O)NC[C@H](O)c1ccccc1F. The van der Waals surface area contributed by atoms with E-state index < -0.39 is 11.9 Å². The molecule has 0 bridgehead atoms. The topological polar surface area (TPSA) is 61.4 Å². The van der Waals surface area contributed by atoms with Crippen LogP contribution in [0.1, 0.15) is 32.4 Å². The Morgan fingerprint density at radius 1 is 1.32 bits per heavy atom. The van der Waals surface area contributed by atoms with Gasteiger partial charge >= 0.3 is 6.03 Å². The maximum Gasteiger partial charge on any atom is 0.315 e. The Labute approximate surface area is 113 Å². The first-order valence-electron chi connectivity index (χ1n) is 6.38. The molecule has 1 rings (SSSR count). The number of nitrogens with one attached hydrogen (secondary N) is 2. The predicted molar refractivity (Wildman–Crippen MR) is 72.2 cm³/mol. The van der Waals surface area contributed by atoms with Crippen molar-refractivity contribution in [2.24, 2.45) is 5.92 Å². The Hall–Kier alpha value is -1.62. The van der Waals surface area contributed by atoms with Gasteiger partial charge in [0.25, 0.3) is 0 Å². The molecule has 0 heterocycles. The van der Waals surface area contributed by atoms with Crippen molar-refractivity contribution in [2.75, 3.05) is 6.54 Å². The summed E-state index contributed by atoms with van der Waals surface area (Å²) >= 11 is 0. The maximum absolute atomic E-state index is 13.4. The summed E-state index contributed by atoms with van der Waals surface area (Å²) in [6, 6.07) is 5.64. The molecule has 2 amide bonds. The third-order valence-electron chi connectivity index (χ3n) is 3.08. The first-order chi connectivity index (χ1) is 8.91. The van der Waals surface area contributed by atoms with E-state index in [9.17, 15) is 14.3 Å². The molecule has 0 radical (unpaired) electrons. The van der Waals surface area contributed by atoms with Crippen LogP contribution in [0.3, 0.4) is 0 Å². The monoisotopic (exact) mass is 268 g/mol. The highest BCUT2D eigenvalue weighted by molar-refractivity contribution is 5.74. The van der Waals surface area contributed by atoms with Crippen LogP contribution >= 0.6 is 0 Å². The fraction of sp³-hybridized carbons (Fsp3) is 0.500. The van der Waals surface area contributed by atoms with E-state index in [0.29, 0.717) is 5.92 Å². The fourth-order valence-electron chi connectivity index (χ4n) is 1.47. The molecule has 1 aromatic carbocycles. The first-order valence-corrected chi connectivity index (χ1v) is 6.38. The van der Waals surface area contributed by atoms with Gasteiger partial charge in [-0.05, 0) is 18.9 Å². The van der Waals surface area contributed by atoms with Crippen molar-refractivity contribution in [1.29, 1.82) is 0 Å². The fourth-order valence-corrected chi connectivity index (χ4v) is 1.47. The van der Waals surface area contributed by atoms with E-state index in [1.54, 1.807) is 12.1 Å². The summed E-state index contributed by atoms with van der Waals surface area (Å²) in [6.07, 6.45) is -1.05. The van der Waals surface area contributed by atoms with Gasteiger partial charge in [0, 0.05) is 18.2 Å². The van der Waals surface area contributed by atoms with Gasteiger partial charge in [-0.1, -0.05) is 32.0 Å². The summed E-state index contributed by atoms with van der Waals surface area (Å²) in [5.74, 6) is -0.157. The number of halogens is 1. The second-order valence-electron chi connectivity index (χ2n) is 4.92. The van der Waals surface area contributed by atoms with Crippen LogP contribution in [0.15, 0.2) is 24.3 Å². The second-order valence-corrected chi connectivity index (χ2v) is 4.92. The van der Waals surface area contributed by atoms with Crippen molar-refractivity contribution >= 4 is 6.03 Å². The van der Waals surface area contributed by atoms with Gasteiger partial charge in [-0.3, -0.25) is 0 Å². The Morgan fingerprint density at radius 2 is 1.95 bits per heavy atom. The van der Waals surface area contributed by atoms with Gasteiger partial charge in [-0.15, -0.1) is 0 Å². The molecule has 1 aromatic rings. The summed E-state index contributed by atoms with van der Waals surface area (Å²) in [5.41, 5.74) is 0.180. The zero-order valence-corrected chi connectivity index (χ0v) is 11.5. The van der Waals surface area contributed by atoms with Crippen molar-refractivity contribution < 1.29 is 14.3 Å². The highest BCUT2D eigenvalue weighted by Crippen LogP contribution is 2.15. The highest BCUT2D eigenvalue weighted by atomic mass is 19.1. The molecule has 19 heavy (non-hydrogen) atoms. The highest BCUT2D eigenvalue weighted by Gasteiger charge is 2.15. The lowest BCUT2D eigenvalue weighted by Gasteiger charge is -2.19. The summed E-state index contributed by atoms with van der Waals surface area (Å²) in [7, 11) is 0. The normalized spacial score (nSPS) is 14.0. The number of carbonyl (C=O) groups is 1. The van der Waals surface area contributed by atoms with Crippen LogP contribution in [0.25, 0.3) is 0 Å². The number of urea groups is 1. The number of hydrogen-bond donors (Lipinski definition) is 3. The van der Waals surface area contributed by atoms with E-state index in [1.807, 2.05) is 20.8 Å². The quantitative estimate of drug-likeness (QED) is 0.766. The number of amides is 2. The molecule has 0 saturated heterocycles. The van der Waals surface area contributed by atoms with Gasteiger partial charge in [0.15, 0.2) is 0 Å². The lowest BCUT2D eigenvalue weighted by Crippen LogP contribution is -2.44. The van der Waals surface area contributed by atoms with E-state index in [2.05, 4.69) is 10.6 Å². The van der Waals surface area contributed by atoms with Crippen LogP contribution in [0.2, 0.25) is 0 Å². The molecule has 0 saturated carbocycles. The van der Waals surface area contributed by atoms with E-state index in [4.69, 9.17) is 0 Å². The molecule has 0 aliphatic rings. The molecule has 3 N–H and O–H groups in total. The number of aliphatic hydroxyl groups is 1. The molecule has 0 aliphatic carbocycles. The van der Waals surface area contributed by atoms with Gasteiger partial charge in [0.2, 0.25) is 0 Å². The van der Waals surface area contributed by atoms with Gasteiger partial charge in [0.1, 0.15) is 5.82 Å². The van der Waals surface area contributed by atoms with Gasteiger partial charge in [-0.2, -0.15) is 0 Å². The summed E-state index contributed by atoms with van der Waals surface area (Å²) in [4.78, 5) is 11.6. The van der Waals surface area contributed by atoms with Crippen molar-refractivity contribution in [3.63, 3.8) is 0 Å². The smallest absolute Gasteiger partial charge is 0.315 e. The zero-order valence-electron chi connectivity index (χ0n) is 11.5. The maximum atomic E-state index is 13.4. The average Bonchev–Trinajstić information content (AvgIpc) is 2.36. The van der Waals surface area contributed by atoms with Gasteiger partial charge in [-0.25, -0.2) is 9.18 Å². The van der Waals surface area contributed by atoms with Crippen LogP contribution in [0.4, 0.5) is 9.18 Å². The Balaban J connectivity index is 2.44. The van der Waals surface area contributed by atoms with Crippen LogP contribution in [0, 0.1) is 11.7 Å². The van der Waals surface area contributed by atoms with Crippen molar-refractivity contribution in [2.45, 2.75) is 32.9 Å². The predicted octanol–water partition coefficient (Wildman–Crippen LogP) is 2.20. The number of hydrogen-bond acceptors (Lipinski definition) is 2. The lowest BCUT2D eigenvalue weighted by atomic mass is 10.1. The Bertz CT molecular complexity index is 424. The molecular formula is C14H21FN2O2. The number of rotatable bonds is 5. The molecule has 0 aromatic heterocycles. The minimum Gasteiger partial charge on any atom is -0.386 e. The van der Waals surface area contributed by atoms with Crippen molar-refractivity contribution in [3.8, 4) is 0 Å². The standard InChI is InChI=1S/C14H21FN2O2/c1-9(2)10(3)17-14(19)16-8-13(18)11-6-4-5-7-12(11)15/h4-7,9-10,13,18H,8H2,1-3H3,(H2,16,17,19)/t10-,13+/m1/s1. The third kappa shape index (κ3) is 4.87. The van der Waals surface area contributed by atoms with E-state index in [-0.39, 0.29) is 24.2 Å². The van der Waals surface area contributed by atoms with Crippen LogP contribution in [0.5, 0.6) is 0 Å². The van der Waals surface area contributed by atoms with E-state index in [0.717, 1.165) is 0 Å².